The zero-order valence-corrected chi connectivity index (χ0v) is 25.8. The summed E-state index contributed by atoms with van der Waals surface area (Å²) in [5, 5.41) is 18.6. The lowest BCUT2D eigenvalue weighted by atomic mass is 10.0. The van der Waals surface area contributed by atoms with Crippen LogP contribution in [0.5, 0.6) is 5.75 Å². The maximum atomic E-state index is 14.8. The molecule has 3 aromatic rings. The van der Waals surface area contributed by atoms with Gasteiger partial charge in [0, 0.05) is 62.7 Å². The molecule has 1 aromatic heterocycles. The highest BCUT2D eigenvalue weighted by Gasteiger charge is 2.30. The minimum absolute atomic E-state index is 0.00546. The maximum Gasteiger partial charge on any atom is 0.294 e. The van der Waals surface area contributed by atoms with Gasteiger partial charge in [-0.3, -0.25) is 15.0 Å². The number of nitrogens with zero attached hydrogens (tertiary/aromatic N) is 6. The second-order valence-corrected chi connectivity index (χ2v) is 14.5. The molecule has 2 saturated heterocycles. The lowest BCUT2D eigenvalue weighted by Gasteiger charge is -2.42. The molecule has 0 aliphatic carbocycles. The third-order valence-electron chi connectivity index (χ3n) is 8.08. The van der Waals surface area contributed by atoms with Gasteiger partial charge in [-0.25, -0.2) is 9.37 Å². The van der Waals surface area contributed by atoms with Gasteiger partial charge in [0.2, 0.25) is 5.95 Å². The average Bonchev–Trinajstić information content (AvgIpc) is 2.99. The molecule has 0 radical (unpaired) electrons. The zero-order chi connectivity index (χ0) is 30.7. The van der Waals surface area contributed by atoms with E-state index in [1.165, 1.54) is 13.2 Å². The number of nitrogens with one attached hydrogen (secondary N) is 2. The van der Waals surface area contributed by atoms with E-state index < -0.39 is 17.9 Å². The number of hydrogen-bond donors (Lipinski definition) is 2. The predicted molar refractivity (Wildman–Crippen MR) is 168 cm³/mol. The molecular formula is C29H38FN8O4P. The van der Waals surface area contributed by atoms with Crippen molar-refractivity contribution in [3.05, 3.63) is 58.5 Å². The molecule has 0 atom stereocenters. The Morgan fingerprint density at radius 3 is 2.40 bits per heavy atom. The number of likely N-dealkylation sites (N-methyl/N-ethyl adjacent to an activating group) is 1. The van der Waals surface area contributed by atoms with Crippen molar-refractivity contribution in [2.75, 3.05) is 82.3 Å². The molecule has 0 spiro atoms. The number of methoxy groups -OCH3 is 1. The van der Waals surface area contributed by atoms with E-state index in [1.54, 1.807) is 43.7 Å². The molecule has 0 bridgehead atoms. The van der Waals surface area contributed by atoms with Crippen molar-refractivity contribution >= 4 is 47.0 Å². The molecule has 5 rings (SSSR count). The molecule has 12 nitrogen and oxygen atoms in total. The SMILES string of the molecule is COc1cc(N2CCC(N3CCN(C)CC3)CC2)c([N+](=O)[O-])cc1Nc1ncc(F)c(Nc2ccccc2P(C)(C)=O)n1. The minimum atomic E-state index is -2.66. The molecule has 0 amide bonds. The van der Waals surface area contributed by atoms with Crippen LogP contribution < -0.4 is 25.6 Å². The van der Waals surface area contributed by atoms with Crippen LogP contribution in [0.4, 0.5) is 38.9 Å². The van der Waals surface area contributed by atoms with E-state index in [4.69, 9.17) is 4.74 Å². The minimum Gasteiger partial charge on any atom is -0.494 e. The molecule has 0 unspecified atom stereocenters. The van der Waals surface area contributed by atoms with E-state index >= 15 is 0 Å². The number of nitro benzene ring substituents is 1. The number of benzene rings is 2. The maximum absolute atomic E-state index is 14.8. The van der Waals surface area contributed by atoms with Gasteiger partial charge in [-0.15, -0.1) is 0 Å². The Morgan fingerprint density at radius 1 is 1.05 bits per heavy atom. The number of piperazine rings is 1. The van der Waals surface area contributed by atoms with Crippen molar-refractivity contribution in [1.29, 1.82) is 0 Å². The smallest absolute Gasteiger partial charge is 0.294 e. The van der Waals surface area contributed by atoms with E-state index in [2.05, 4.69) is 37.4 Å². The first kappa shape index (κ1) is 30.7. The predicted octanol–water partition coefficient (Wildman–Crippen LogP) is 4.48. The summed E-state index contributed by atoms with van der Waals surface area (Å²) in [6.45, 7) is 8.87. The Hall–Kier alpha value is -3.80. The van der Waals surface area contributed by atoms with Crippen LogP contribution in [0.15, 0.2) is 42.6 Å². The second-order valence-electron chi connectivity index (χ2n) is 11.4. The van der Waals surface area contributed by atoms with Gasteiger partial charge in [0.15, 0.2) is 11.6 Å². The highest BCUT2D eigenvalue weighted by Crippen LogP contribution is 2.41. The lowest BCUT2D eigenvalue weighted by molar-refractivity contribution is -0.384. The molecule has 2 aliphatic heterocycles. The molecule has 0 saturated carbocycles. The van der Waals surface area contributed by atoms with Gasteiger partial charge in [0.05, 0.1) is 29.6 Å². The van der Waals surface area contributed by atoms with Crippen LogP contribution in [0.3, 0.4) is 0 Å². The van der Waals surface area contributed by atoms with Crippen LogP contribution in [0.25, 0.3) is 0 Å². The molecule has 43 heavy (non-hydrogen) atoms. The van der Waals surface area contributed by atoms with Crippen LogP contribution in [0.1, 0.15) is 12.8 Å². The van der Waals surface area contributed by atoms with Gasteiger partial charge in [-0.1, -0.05) is 12.1 Å². The van der Waals surface area contributed by atoms with Crippen molar-refractivity contribution < 1.29 is 18.6 Å². The first-order valence-corrected chi connectivity index (χ1v) is 16.9. The van der Waals surface area contributed by atoms with E-state index in [0.29, 0.717) is 41.6 Å². The Morgan fingerprint density at radius 2 is 1.74 bits per heavy atom. The summed E-state index contributed by atoms with van der Waals surface area (Å²) >= 11 is 0. The number of aromatic nitrogens is 2. The zero-order valence-electron chi connectivity index (χ0n) is 24.9. The topological polar surface area (TPSA) is 129 Å². The van der Waals surface area contributed by atoms with Gasteiger partial charge in [-0.2, -0.15) is 4.98 Å². The van der Waals surface area contributed by atoms with Crippen molar-refractivity contribution in [3.8, 4) is 5.75 Å². The van der Waals surface area contributed by atoms with E-state index in [0.717, 1.165) is 45.2 Å². The van der Waals surface area contributed by atoms with Crippen molar-refractivity contribution in [2.45, 2.75) is 18.9 Å². The third-order valence-corrected chi connectivity index (χ3v) is 9.63. The largest absolute Gasteiger partial charge is 0.494 e. The summed E-state index contributed by atoms with van der Waals surface area (Å²) in [6.07, 6.45) is 2.85. The normalized spacial score (nSPS) is 17.1. The van der Waals surface area contributed by atoms with Gasteiger partial charge in [0.1, 0.15) is 18.6 Å². The molecule has 230 valence electrons. The summed E-state index contributed by atoms with van der Waals surface area (Å²) in [5.41, 5.74) is 1.16. The molecule has 3 heterocycles. The standard InChI is InChI=1S/C29H38FN8O4P/c1-35-13-15-36(16-14-35)20-9-11-37(12-10-20)24-18-26(42-2)23(17-25(24)38(39)40)33-29-31-19-21(30)28(34-29)32-22-7-5-6-8-27(22)43(3,4)41/h5-8,17-20H,9-16H2,1-4H3,(H2,31,32,33,34). The van der Waals surface area contributed by atoms with Gasteiger partial charge >= 0.3 is 0 Å². The third kappa shape index (κ3) is 7.06. The highest BCUT2D eigenvalue weighted by atomic mass is 31.2. The fourth-order valence-corrected chi connectivity index (χ4v) is 6.85. The number of rotatable bonds is 9. The summed E-state index contributed by atoms with van der Waals surface area (Å²) in [7, 11) is 0.962. The quantitative estimate of drug-likeness (QED) is 0.202. The van der Waals surface area contributed by atoms with Gasteiger partial charge in [0.25, 0.3) is 5.69 Å². The van der Waals surface area contributed by atoms with Crippen LogP contribution in [-0.2, 0) is 4.57 Å². The monoisotopic (exact) mass is 612 g/mol. The first-order valence-electron chi connectivity index (χ1n) is 14.3. The number of piperidine rings is 1. The highest BCUT2D eigenvalue weighted by molar-refractivity contribution is 7.70. The van der Waals surface area contributed by atoms with Crippen molar-refractivity contribution in [2.24, 2.45) is 0 Å². The Bertz CT molecular complexity index is 1520. The molecule has 2 aliphatic rings. The van der Waals surface area contributed by atoms with Crippen LogP contribution >= 0.6 is 7.14 Å². The Kier molecular flexibility index (Phi) is 9.14. The average molecular weight is 613 g/mol. The fourth-order valence-electron chi connectivity index (χ4n) is 5.69. The second kappa shape index (κ2) is 12.8. The summed E-state index contributed by atoms with van der Waals surface area (Å²) in [5.74, 6) is -0.472. The van der Waals surface area contributed by atoms with Crippen molar-refractivity contribution in [3.63, 3.8) is 0 Å². The fraction of sp³-hybridized carbons (Fsp3) is 0.448. The van der Waals surface area contributed by atoms with Crippen LogP contribution in [0, 0.1) is 15.9 Å². The summed E-state index contributed by atoms with van der Waals surface area (Å²) in [4.78, 5) is 27.0. The molecule has 2 aromatic carbocycles. The Labute approximate surface area is 250 Å². The number of nitro groups is 1. The van der Waals surface area contributed by atoms with E-state index in [1.807, 2.05) is 4.90 Å². The molecule has 2 N–H and O–H groups in total. The number of hydrogen-bond acceptors (Lipinski definition) is 11. The molecule has 2 fully saturated rings. The molecular weight excluding hydrogens is 574 g/mol. The Balaban J connectivity index is 1.36. The number of anilines is 5. The van der Waals surface area contributed by atoms with Gasteiger partial charge < -0.3 is 29.7 Å². The van der Waals surface area contributed by atoms with Crippen LogP contribution in [0.2, 0.25) is 0 Å². The first-order chi connectivity index (χ1) is 20.5. The van der Waals surface area contributed by atoms with Crippen LogP contribution in [-0.4, -0.2) is 97.5 Å². The number of para-hydroxylation sites is 1. The van der Waals surface area contributed by atoms with E-state index in [9.17, 15) is 19.1 Å². The lowest BCUT2D eigenvalue weighted by Crippen LogP contribution is -2.52. The number of halogens is 1. The number of ether oxygens (including phenoxy) is 1. The van der Waals surface area contributed by atoms with Crippen molar-refractivity contribution in [1.82, 2.24) is 19.8 Å². The molecule has 14 heteroatoms. The summed E-state index contributed by atoms with van der Waals surface area (Å²) < 4.78 is 33.1. The van der Waals surface area contributed by atoms with E-state index in [-0.39, 0.29) is 23.1 Å². The van der Waals surface area contributed by atoms with Gasteiger partial charge in [-0.05, 0) is 45.4 Å². The summed E-state index contributed by atoms with van der Waals surface area (Å²) in [6, 6.07) is 10.5.